The largest absolute Gasteiger partial charge is 0.502 e. The second-order valence-electron chi connectivity index (χ2n) is 7.03. The summed E-state index contributed by atoms with van der Waals surface area (Å²) in [5.74, 6) is -0.421. The first kappa shape index (κ1) is 20.5. The van der Waals surface area contributed by atoms with Gasteiger partial charge in [0.1, 0.15) is 18.1 Å². The van der Waals surface area contributed by atoms with Gasteiger partial charge < -0.3 is 14.6 Å². The molecular formula is C23H25NO5. The first-order chi connectivity index (χ1) is 13.9. The normalized spacial score (nSPS) is 14.0. The number of aliphatic hydroxyl groups is 1. The number of carbonyl (C=O) groups is 2. The zero-order chi connectivity index (χ0) is 21.0. The van der Waals surface area contributed by atoms with Crippen LogP contribution < -0.4 is 9.47 Å². The average molecular weight is 395 g/mol. The molecule has 0 unspecified atom stereocenters. The molecule has 6 nitrogen and oxygen atoms in total. The monoisotopic (exact) mass is 395 g/mol. The van der Waals surface area contributed by atoms with Crippen molar-refractivity contribution in [2.45, 2.75) is 27.2 Å². The van der Waals surface area contributed by atoms with Gasteiger partial charge in [-0.1, -0.05) is 25.1 Å². The maximum absolute atomic E-state index is 12.7. The molecule has 2 amide bonds. The fourth-order valence-corrected chi connectivity index (χ4v) is 3.24. The van der Waals surface area contributed by atoms with Crippen molar-refractivity contribution in [3.8, 4) is 11.5 Å². The van der Waals surface area contributed by atoms with Crippen LogP contribution in [-0.2, 0) is 9.59 Å². The van der Waals surface area contributed by atoms with Gasteiger partial charge >= 0.3 is 0 Å². The number of aryl methyl sites for hydroxylation is 2. The van der Waals surface area contributed by atoms with E-state index in [-0.39, 0.29) is 18.7 Å². The van der Waals surface area contributed by atoms with Crippen molar-refractivity contribution >= 4 is 17.4 Å². The van der Waals surface area contributed by atoms with Gasteiger partial charge in [-0.15, -0.1) is 0 Å². The Kier molecular flexibility index (Phi) is 6.22. The minimum Gasteiger partial charge on any atom is -0.502 e. The van der Waals surface area contributed by atoms with E-state index in [0.29, 0.717) is 23.7 Å². The Morgan fingerprint density at radius 1 is 0.862 bits per heavy atom. The predicted molar refractivity (Wildman–Crippen MR) is 110 cm³/mol. The predicted octanol–water partition coefficient (Wildman–Crippen LogP) is 3.81. The highest BCUT2D eigenvalue weighted by atomic mass is 16.5. The summed E-state index contributed by atoms with van der Waals surface area (Å²) in [6, 6.07) is 12.6. The minimum atomic E-state index is -0.708. The smallest absolute Gasteiger partial charge is 0.296 e. The van der Waals surface area contributed by atoms with Crippen LogP contribution >= 0.6 is 0 Å². The number of aliphatic hydroxyl groups excluding tert-OH is 1. The summed E-state index contributed by atoms with van der Waals surface area (Å²) < 4.78 is 11.2. The third-order valence-electron chi connectivity index (χ3n) is 4.54. The van der Waals surface area contributed by atoms with E-state index < -0.39 is 17.6 Å². The number of amides is 2. The Morgan fingerprint density at radius 3 is 2.10 bits per heavy atom. The van der Waals surface area contributed by atoms with Crippen LogP contribution in [0.2, 0.25) is 0 Å². The summed E-state index contributed by atoms with van der Waals surface area (Å²) in [4.78, 5) is 26.1. The Morgan fingerprint density at radius 2 is 1.48 bits per heavy atom. The molecule has 3 rings (SSSR count). The molecule has 0 aromatic heterocycles. The lowest BCUT2D eigenvalue weighted by Crippen LogP contribution is -2.35. The van der Waals surface area contributed by atoms with Crippen molar-refractivity contribution in [1.82, 2.24) is 4.90 Å². The number of benzene rings is 2. The molecule has 0 radical (unpaired) electrons. The van der Waals surface area contributed by atoms with E-state index in [0.717, 1.165) is 22.4 Å². The summed E-state index contributed by atoms with van der Waals surface area (Å²) in [5, 5.41) is 10.2. The summed E-state index contributed by atoms with van der Waals surface area (Å²) >= 11 is 0. The zero-order valence-corrected chi connectivity index (χ0v) is 16.9. The van der Waals surface area contributed by atoms with Gasteiger partial charge in [0.25, 0.3) is 11.8 Å². The molecule has 29 heavy (non-hydrogen) atoms. The molecule has 1 heterocycles. The Balaban J connectivity index is 1.66. The molecule has 0 saturated carbocycles. The summed E-state index contributed by atoms with van der Waals surface area (Å²) in [7, 11) is 0. The van der Waals surface area contributed by atoms with Crippen LogP contribution in [0.3, 0.4) is 0 Å². The lowest BCUT2D eigenvalue weighted by molar-refractivity contribution is -0.138. The van der Waals surface area contributed by atoms with Crippen LogP contribution in [0.15, 0.2) is 48.2 Å². The van der Waals surface area contributed by atoms with Gasteiger partial charge in [-0.05, 0) is 61.2 Å². The number of hydrogen-bond donors (Lipinski definition) is 1. The molecule has 1 aliphatic heterocycles. The van der Waals surface area contributed by atoms with Crippen molar-refractivity contribution in [1.29, 1.82) is 0 Å². The van der Waals surface area contributed by atoms with Crippen LogP contribution in [0.25, 0.3) is 5.57 Å². The summed E-state index contributed by atoms with van der Waals surface area (Å²) in [6.07, 6.45) is 0.889. The van der Waals surface area contributed by atoms with Gasteiger partial charge in [-0.3, -0.25) is 14.5 Å². The van der Waals surface area contributed by atoms with Crippen molar-refractivity contribution in [2.24, 2.45) is 0 Å². The fourth-order valence-electron chi connectivity index (χ4n) is 3.24. The maximum Gasteiger partial charge on any atom is 0.296 e. The van der Waals surface area contributed by atoms with Gasteiger partial charge in [0.2, 0.25) is 0 Å². The molecule has 0 fully saturated rings. The van der Waals surface area contributed by atoms with Gasteiger partial charge in [-0.2, -0.15) is 0 Å². The van der Waals surface area contributed by atoms with E-state index in [2.05, 4.69) is 0 Å². The molecule has 0 spiro atoms. The van der Waals surface area contributed by atoms with E-state index >= 15 is 0 Å². The van der Waals surface area contributed by atoms with Gasteiger partial charge in [0.05, 0.1) is 18.7 Å². The second kappa shape index (κ2) is 8.82. The van der Waals surface area contributed by atoms with Crippen LogP contribution in [-0.4, -0.2) is 41.6 Å². The number of hydrogen-bond acceptors (Lipinski definition) is 5. The lowest BCUT2D eigenvalue weighted by Gasteiger charge is -2.15. The Bertz CT molecular complexity index is 926. The molecule has 152 valence electrons. The highest BCUT2D eigenvalue weighted by molar-refractivity contribution is 6.34. The lowest BCUT2D eigenvalue weighted by atomic mass is 10.1. The van der Waals surface area contributed by atoms with Crippen LogP contribution in [0.4, 0.5) is 0 Å². The average Bonchev–Trinajstić information content (AvgIpc) is 2.89. The summed E-state index contributed by atoms with van der Waals surface area (Å²) in [5.41, 5.74) is 2.62. The number of imide groups is 1. The van der Waals surface area contributed by atoms with Gasteiger partial charge in [-0.25, -0.2) is 0 Å². The van der Waals surface area contributed by atoms with Crippen molar-refractivity contribution in [3.05, 3.63) is 64.9 Å². The quantitative estimate of drug-likeness (QED) is 0.688. The van der Waals surface area contributed by atoms with Crippen LogP contribution in [0.1, 0.15) is 30.0 Å². The number of carbonyl (C=O) groups excluding carboxylic acids is 2. The summed E-state index contributed by atoms with van der Waals surface area (Å²) in [6.45, 7) is 6.75. The van der Waals surface area contributed by atoms with Crippen LogP contribution in [0, 0.1) is 13.8 Å². The first-order valence-electron chi connectivity index (χ1n) is 9.64. The Hall–Kier alpha value is -3.28. The van der Waals surface area contributed by atoms with Crippen molar-refractivity contribution < 1.29 is 24.2 Å². The van der Waals surface area contributed by atoms with E-state index in [4.69, 9.17) is 9.47 Å². The SMILES string of the molecule is CCCOc1ccc(C2=C(O)C(=O)N(CCOc3cc(C)cc(C)c3)C2=O)cc1. The third-order valence-corrected chi connectivity index (χ3v) is 4.54. The minimum absolute atomic E-state index is 0.00319. The maximum atomic E-state index is 12.7. The number of ether oxygens (including phenoxy) is 2. The molecular weight excluding hydrogens is 370 g/mol. The van der Waals surface area contributed by atoms with Crippen molar-refractivity contribution in [2.75, 3.05) is 19.8 Å². The number of nitrogens with zero attached hydrogens (tertiary/aromatic N) is 1. The molecule has 6 heteroatoms. The highest BCUT2D eigenvalue weighted by Crippen LogP contribution is 2.29. The molecule has 1 N–H and O–H groups in total. The van der Waals surface area contributed by atoms with E-state index in [1.165, 1.54) is 0 Å². The highest BCUT2D eigenvalue weighted by Gasteiger charge is 2.39. The molecule has 2 aromatic carbocycles. The molecule has 0 atom stereocenters. The molecule has 1 aliphatic rings. The fraction of sp³-hybridized carbons (Fsp3) is 0.304. The molecule has 0 aliphatic carbocycles. The van der Waals surface area contributed by atoms with Crippen molar-refractivity contribution in [3.63, 3.8) is 0 Å². The Labute approximate surface area is 170 Å². The second-order valence-corrected chi connectivity index (χ2v) is 7.03. The zero-order valence-electron chi connectivity index (χ0n) is 16.9. The number of rotatable bonds is 8. The first-order valence-corrected chi connectivity index (χ1v) is 9.64. The van der Waals surface area contributed by atoms with E-state index in [1.54, 1.807) is 24.3 Å². The topological polar surface area (TPSA) is 76.1 Å². The standard InChI is InChI=1S/C23H25NO5/c1-4-10-28-18-7-5-17(6-8-18)20-21(25)23(27)24(22(20)26)9-11-29-19-13-15(2)12-16(3)14-19/h5-8,12-14,25H,4,9-11H2,1-3H3. The van der Waals surface area contributed by atoms with Gasteiger partial charge in [0, 0.05) is 0 Å². The molecule has 0 bridgehead atoms. The third kappa shape index (κ3) is 4.59. The molecule has 0 saturated heterocycles. The van der Waals surface area contributed by atoms with E-state index in [9.17, 15) is 14.7 Å². The van der Waals surface area contributed by atoms with Gasteiger partial charge in [0.15, 0.2) is 5.76 Å². The van der Waals surface area contributed by atoms with Crippen LogP contribution in [0.5, 0.6) is 11.5 Å². The van der Waals surface area contributed by atoms with E-state index in [1.807, 2.05) is 39.0 Å². The molecule has 2 aromatic rings.